The van der Waals surface area contributed by atoms with Gasteiger partial charge in [-0.2, -0.15) is 5.10 Å². The van der Waals surface area contributed by atoms with E-state index < -0.39 is 9.84 Å². The van der Waals surface area contributed by atoms with Crippen LogP contribution in [0.5, 0.6) is 5.75 Å². The third-order valence-corrected chi connectivity index (χ3v) is 6.24. The molecule has 1 N–H and O–H groups in total. The summed E-state index contributed by atoms with van der Waals surface area (Å²) in [5.41, 5.74) is 2.12. The number of nitrogens with zero attached hydrogens (tertiary/aromatic N) is 2. The standard InChI is InChI=1S/C18H23N3O4S/c1-13-18(14(2)21(20-13)15-9-11-26(23,24)12-15)19-17(22)8-10-25-16-6-4-3-5-7-16/h3-7,15H,8-12H2,1-2H3,(H,19,22). The number of ether oxygens (including phenoxy) is 1. The molecule has 0 spiro atoms. The molecule has 1 saturated heterocycles. The lowest BCUT2D eigenvalue weighted by molar-refractivity contribution is -0.116. The Bertz CT molecular complexity index is 891. The van der Waals surface area contributed by atoms with E-state index in [1.165, 1.54) is 0 Å². The number of rotatable bonds is 6. The topological polar surface area (TPSA) is 90.3 Å². The number of carbonyl (C=O) groups excluding carboxylic acids is 1. The number of nitrogens with one attached hydrogen (secondary N) is 1. The van der Waals surface area contributed by atoms with Crippen LogP contribution in [0.3, 0.4) is 0 Å². The van der Waals surface area contributed by atoms with Gasteiger partial charge in [0.15, 0.2) is 9.84 Å². The molecule has 1 unspecified atom stereocenters. The molecule has 0 bridgehead atoms. The van der Waals surface area contributed by atoms with Crippen LogP contribution in [-0.2, 0) is 14.6 Å². The van der Waals surface area contributed by atoms with Gasteiger partial charge in [-0.3, -0.25) is 9.48 Å². The van der Waals surface area contributed by atoms with Crippen molar-refractivity contribution in [2.24, 2.45) is 0 Å². The minimum Gasteiger partial charge on any atom is -0.493 e. The van der Waals surface area contributed by atoms with E-state index in [1.54, 1.807) is 4.68 Å². The van der Waals surface area contributed by atoms with Crippen molar-refractivity contribution >= 4 is 21.4 Å². The molecule has 1 amide bonds. The van der Waals surface area contributed by atoms with Crippen LogP contribution in [0.15, 0.2) is 30.3 Å². The van der Waals surface area contributed by atoms with Crippen molar-refractivity contribution in [3.05, 3.63) is 41.7 Å². The van der Waals surface area contributed by atoms with Gasteiger partial charge in [0.2, 0.25) is 5.91 Å². The normalized spacial score (nSPS) is 18.6. The number of hydrogen-bond acceptors (Lipinski definition) is 5. The maximum Gasteiger partial charge on any atom is 0.227 e. The van der Waals surface area contributed by atoms with E-state index in [-0.39, 0.29) is 36.5 Å². The van der Waals surface area contributed by atoms with Crippen molar-refractivity contribution < 1.29 is 17.9 Å². The van der Waals surface area contributed by atoms with E-state index in [9.17, 15) is 13.2 Å². The van der Waals surface area contributed by atoms with Crippen LogP contribution < -0.4 is 10.1 Å². The van der Waals surface area contributed by atoms with Crippen molar-refractivity contribution in [2.45, 2.75) is 32.7 Å². The fourth-order valence-corrected chi connectivity index (χ4v) is 4.84. The number of anilines is 1. The molecule has 1 aromatic carbocycles. The quantitative estimate of drug-likeness (QED) is 0.834. The molecule has 7 nitrogen and oxygen atoms in total. The van der Waals surface area contributed by atoms with Crippen molar-refractivity contribution in [1.82, 2.24) is 9.78 Å². The lowest BCUT2D eigenvalue weighted by Gasteiger charge is -2.12. The molecular weight excluding hydrogens is 354 g/mol. The zero-order valence-electron chi connectivity index (χ0n) is 14.9. The van der Waals surface area contributed by atoms with Gasteiger partial charge in [0.25, 0.3) is 0 Å². The second-order valence-electron chi connectivity index (χ2n) is 6.51. The van der Waals surface area contributed by atoms with Crippen molar-refractivity contribution in [3.63, 3.8) is 0 Å². The Morgan fingerprint density at radius 1 is 1.31 bits per heavy atom. The number of benzene rings is 1. The molecule has 8 heteroatoms. The second-order valence-corrected chi connectivity index (χ2v) is 8.74. The molecule has 0 saturated carbocycles. The molecule has 1 aliphatic rings. The average Bonchev–Trinajstić information content (AvgIpc) is 3.09. The molecule has 140 valence electrons. The Kier molecular flexibility index (Phi) is 5.31. The van der Waals surface area contributed by atoms with Crippen LogP contribution in [0.2, 0.25) is 0 Å². The summed E-state index contributed by atoms with van der Waals surface area (Å²) in [5.74, 6) is 0.857. The monoisotopic (exact) mass is 377 g/mol. The van der Waals surface area contributed by atoms with E-state index in [2.05, 4.69) is 10.4 Å². The lowest BCUT2D eigenvalue weighted by Crippen LogP contribution is -2.17. The highest BCUT2D eigenvalue weighted by atomic mass is 32.2. The molecule has 0 aliphatic carbocycles. The van der Waals surface area contributed by atoms with Gasteiger partial charge in [0.1, 0.15) is 5.75 Å². The van der Waals surface area contributed by atoms with Gasteiger partial charge in [0, 0.05) is 0 Å². The first-order valence-corrected chi connectivity index (χ1v) is 10.4. The number of aryl methyl sites for hydroxylation is 1. The van der Waals surface area contributed by atoms with E-state index in [0.29, 0.717) is 17.8 Å². The van der Waals surface area contributed by atoms with Gasteiger partial charge in [0.05, 0.1) is 47.7 Å². The van der Waals surface area contributed by atoms with Crippen LogP contribution in [0.4, 0.5) is 5.69 Å². The molecular formula is C18H23N3O4S. The summed E-state index contributed by atoms with van der Waals surface area (Å²) in [7, 11) is -2.99. The van der Waals surface area contributed by atoms with Gasteiger partial charge in [-0.15, -0.1) is 0 Å². The summed E-state index contributed by atoms with van der Waals surface area (Å²) in [5, 5.41) is 7.32. The van der Waals surface area contributed by atoms with Gasteiger partial charge in [-0.25, -0.2) is 8.42 Å². The molecule has 1 aliphatic heterocycles. The highest BCUT2D eigenvalue weighted by Crippen LogP contribution is 2.29. The first kappa shape index (κ1) is 18.4. The molecule has 3 rings (SSSR count). The van der Waals surface area contributed by atoms with E-state index in [4.69, 9.17) is 4.74 Å². The average molecular weight is 377 g/mol. The molecule has 1 fully saturated rings. The zero-order chi connectivity index (χ0) is 18.7. The van der Waals surface area contributed by atoms with Crippen LogP contribution in [0.1, 0.15) is 30.3 Å². The van der Waals surface area contributed by atoms with Crippen molar-refractivity contribution in [2.75, 3.05) is 23.4 Å². The predicted molar refractivity (Wildman–Crippen MR) is 99.2 cm³/mol. The SMILES string of the molecule is Cc1nn(C2CCS(=O)(=O)C2)c(C)c1NC(=O)CCOc1ccccc1. The zero-order valence-corrected chi connectivity index (χ0v) is 15.8. The smallest absolute Gasteiger partial charge is 0.227 e. The number of amides is 1. The number of para-hydroxylation sites is 1. The molecule has 0 radical (unpaired) electrons. The maximum absolute atomic E-state index is 12.2. The van der Waals surface area contributed by atoms with E-state index in [0.717, 1.165) is 11.4 Å². The van der Waals surface area contributed by atoms with Crippen LogP contribution in [-0.4, -0.2) is 42.2 Å². The third-order valence-electron chi connectivity index (χ3n) is 4.48. The van der Waals surface area contributed by atoms with Crippen LogP contribution >= 0.6 is 0 Å². The first-order chi connectivity index (χ1) is 12.4. The minimum atomic E-state index is -2.99. The van der Waals surface area contributed by atoms with Crippen molar-refractivity contribution in [1.29, 1.82) is 0 Å². The molecule has 2 aromatic rings. The van der Waals surface area contributed by atoms with Gasteiger partial charge in [-0.1, -0.05) is 18.2 Å². The molecule has 1 aromatic heterocycles. The number of carbonyl (C=O) groups is 1. The third kappa shape index (κ3) is 4.24. The summed E-state index contributed by atoms with van der Waals surface area (Å²) in [6.45, 7) is 3.94. The summed E-state index contributed by atoms with van der Waals surface area (Å²) in [4.78, 5) is 12.2. The Hall–Kier alpha value is -2.35. The Labute approximate surface area is 153 Å². The summed E-state index contributed by atoms with van der Waals surface area (Å²) < 4.78 is 30.7. The molecule has 2 heterocycles. The Morgan fingerprint density at radius 2 is 2.04 bits per heavy atom. The lowest BCUT2D eigenvalue weighted by atomic mass is 10.2. The Morgan fingerprint density at radius 3 is 2.69 bits per heavy atom. The summed E-state index contributed by atoms with van der Waals surface area (Å²) in [6.07, 6.45) is 0.777. The highest BCUT2D eigenvalue weighted by Gasteiger charge is 2.31. The van der Waals surface area contributed by atoms with Crippen molar-refractivity contribution in [3.8, 4) is 5.75 Å². The molecule has 1 atom stereocenters. The van der Waals surface area contributed by atoms with E-state index >= 15 is 0 Å². The minimum absolute atomic E-state index is 0.104. The highest BCUT2D eigenvalue weighted by molar-refractivity contribution is 7.91. The van der Waals surface area contributed by atoms with Gasteiger partial charge < -0.3 is 10.1 Å². The fourth-order valence-electron chi connectivity index (χ4n) is 3.15. The number of hydrogen-bond donors (Lipinski definition) is 1. The van der Waals surface area contributed by atoms with Gasteiger partial charge >= 0.3 is 0 Å². The number of aromatic nitrogens is 2. The summed E-state index contributed by atoms with van der Waals surface area (Å²) >= 11 is 0. The van der Waals surface area contributed by atoms with Gasteiger partial charge in [-0.05, 0) is 32.4 Å². The Balaban J connectivity index is 1.60. The van der Waals surface area contributed by atoms with Crippen LogP contribution in [0.25, 0.3) is 0 Å². The molecule has 26 heavy (non-hydrogen) atoms. The second kappa shape index (κ2) is 7.49. The summed E-state index contributed by atoms with van der Waals surface area (Å²) in [6, 6.07) is 9.17. The largest absolute Gasteiger partial charge is 0.493 e. The fraction of sp³-hybridized carbons (Fsp3) is 0.444. The maximum atomic E-state index is 12.2. The number of sulfone groups is 1. The van der Waals surface area contributed by atoms with Crippen LogP contribution in [0, 0.1) is 13.8 Å². The predicted octanol–water partition coefficient (Wildman–Crippen LogP) is 2.27. The first-order valence-electron chi connectivity index (χ1n) is 8.59. The van der Waals surface area contributed by atoms with E-state index in [1.807, 2.05) is 44.2 Å².